The summed E-state index contributed by atoms with van der Waals surface area (Å²) in [4.78, 5) is 39.1. The van der Waals surface area contributed by atoms with E-state index in [2.05, 4.69) is 4.90 Å². The molecule has 30 heavy (non-hydrogen) atoms. The number of amides is 1. The van der Waals surface area contributed by atoms with Crippen molar-refractivity contribution in [2.24, 2.45) is 0 Å². The van der Waals surface area contributed by atoms with Gasteiger partial charge in [0.05, 0.1) is 10.5 Å². The minimum absolute atomic E-state index is 0.109. The zero-order valence-electron chi connectivity index (χ0n) is 16.6. The number of rotatable bonds is 6. The molecule has 2 aromatic rings. The highest BCUT2D eigenvalue weighted by Crippen LogP contribution is 2.19. The second-order valence-electron chi connectivity index (χ2n) is 6.88. The highest BCUT2D eigenvalue weighted by Gasteiger charge is 2.27. The van der Waals surface area contributed by atoms with Crippen LogP contribution < -0.4 is 4.90 Å². The Kier molecular flexibility index (Phi) is 6.79. The quantitative estimate of drug-likeness (QED) is 0.315. The van der Waals surface area contributed by atoms with Gasteiger partial charge in [0, 0.05) is 44.0 Å². The molecule has 2 aromatic carbocycles. The van der Waals surface area contributed by atoms with Crippen molar-refractivity contribution in [3.05, 3.63) is 76.4 Å². The Balaban J connectivity index is 1.52. The fourth-order valence-electron chi connectivity index (χ4n) is 3.30. The second kappa shape index (κ2) is 9.69. The third-order valence-corrected chi connectivity index (χ3v) is 4.89. The van der Waals surface area contributed by atoms with Crippen molar-refractivity contribution in [1.82, 2.24) is 4.90 Å². The van der Waals surface area contributed by atoms with Crippen LogP contribution in [-0.4, -0.2) is 54.0 Å². The largest absolute Gasteiger partial charge is 0.449 e. The molecule has 8 nitrogen and oxygen atoms in total. The van der Waals surface area contributed by atoms with Crippen molar-refractivity contribution in [2.45, 2.75) is 13.0 Å². The topological polar surface area (TPSA) is 93.0 Å². The smallest absolute Gasteiger partial charge is 0.331 e. The van der Waals surface area contributed by atoms with Crippen LogP contribution in [0.25, 0.3) is 6.08 Å². The van der Waals surface area contributed by atoms with Crippen LogP contribution in [-0.2, 0) is 14.3 Å². The molecule has 0 aliphatic carbocycles. The first-order valence-electron chi connectivity index (χ1n) is 9.66. The summed E-state index contributed by atoms with van der Waals surface area (Å²) in [5.74, 6) is -0.980. The Bertz CT molecular complexity index is 937. The molecule has 0 saturated carbocycles. The molecule has 0 radical (unpaired) electrons. The van der Waals surface area contributed by atoms with E-state index in [4.69, 9.17) is 4.74 Å². The first-order chi connectivity index (χ1) is 14.5. The maximum atomic E-state index is 12.6. The Morgan fingerprint density at radius 2 is 1.67 bits per heavy atom. The predicted octanol–water partition coefficient (Wildman–Crippen LogP) is 2.89. The van der Waals surface area contributed by atoms with E-state index < -0.39 is 17.0 Å². The molecule has 1 atom stereocenters. The van der Waals surface area contributed by atoms with Gasteiger partial charge in [-0.25, -0.2) is 4.79 Å². The molecule has 3 rings (SSSR count). The van der Waals surface area contributed by atoms with Crippen molar-refractivity contribution < 1.29 is 19.2 Å². The fraction of sp³-hybridized carbons (Fsp3) is 0.273. The number of nitro groups is 1. The van der Waals surface area contributed by atoms with Crippen LogP contribution in [0.1, 0.15) is 12.5 Å². The van der Waals surface area contributed by atoms with E-state index in [0.717, 1.165) is 11.8 Å². The molecule has 1 aliphatic heterocycles. The molecule has 0 aromatic heterocycles. The van der Waals surface area contributed by atoms with E-state index >= 15 is 0 Å². The minimum atomic E-state index is -0.934. The van der Waals surface area contributed by atoms with E-state index in [1.54, 1.807) is 17.0 Å². The van der Waals surface area contributed by atoms with Crippen LogP contribution in [0.3, 0.4) is 0 Å². The number of para-hydroxylation sites is 2. The number of anilines is 1. The van der Waals surface area contributed by atoms with Gasteiger partial charge in [0.25, 0.3) is 11.6 Å². The highest BCUT2D eigenvalue weighted by molar-refractivity contribution is 5.91. The van der Waals surface area contributed by atoms with Crippen molar-refractivity contribution in [3.63, 3.8) is 0 Å². The van der Waals surface area contributed by atoms with Gasteiger partial charge in [0.1, 0.15) is 0 Å². The van der Waals surface area contributed by atoms with Gasteiger partial charge in [-0.1, -0.05) is 30.3 Å². The summed E-state index contributed by atoms with van der Waals surface area (Å²) < 4.78 is 5.20. The Morgan fingerprint density at radius 3 is 2.33 bits per heavy atom. The number of nitrogens with zero attached hydrogens (tertiary/aromatic N) is 3. The number of benzene rings is 2. The monoisotopic (exact) mass is 409 g/mol. The summed E-state index contributed by atoms with van der Waals surface area (Å²) in [6, 6.07) is 16.1. The van der Waals surface area contributed by atoms with Crippen molar-refractivity contribution in [2.75, 3.05) is 31.1 Å². The van der Waals surface area contributed by atoms with Gasteiger partial charge in [-0.05, 0) is 31.2 Å². The maximum Gasteiger partial charge on any atom is 0.331 e. The molecule has 0 bridgehead atoms. The number of hydrogen-bond donors (Lipinski definition) is 0. The van der Waals surface area contributed by atoms with Gasteiger partial charge in [0.15, 0.2) is 6.10 Å². The minimum Gasteiger partial charge on any atom is -0.449 e. The Morgan fingerprint density at radius 1 is 1.03 bits per heavy atom. The molecular weight excluding hydrogens is 386 g/mol. The molecular formula is C22H23N3O5. The lowest BCUT2D eigenvalue weighted by molar-refractivity contribution is -0.385. The zero-order valence-corrected chi connectivity index (χ0v) is 16.6. The lowest BCUT2D eigenvalue weighted by atomic mass is 10.1. The summed E-state index contributed by atoms with van der Waals surface area (Å²) in [5.41, 5.74) is 1.29. The number of nitro benzene ring substituents is 1. The van der Waals surface area contributed by atoms with Crippen LogP contribution in [0, 0.1) is 10.1 Å². The number of carbonyl (C=O) groups excluding carboxylic acids is 2. The Hall–Kier alpha value is -3.68. The summed E-state index contributed by atoms with van der Waals surface area (Å²) in [6.07, 6.45) is 1.48. The van der Waals surface area contributed by atoms with Crippen LogP contribution in [0.2, 0.25) is 0 Å². The van der Waals surface area contributed by atoms with Gasteiger partial charge in [-0.15, -0.1) is 0 Å². The molecule has 156 valence electrons. The first-order valence-corrected chi connectivity index (χ1v) is 9.66. The molecule has 0 spiro atoms. The van der Waals surface area contributed by atoms with Crippen LogP contribution in [0.5, 0.6) is 0 Å². The van der Waals surface area contributed by atoms with Gasteiger partial charge >= 0.3 is 5.97 Å². The van der Waals surface area contributed by atoms with E-state index in [9.17, 15) is 19.7 Å². The van der Waals surface area contributed by atoms with Crippen molar-refractivity contribution >= 4 is 29.3 Å². The Labute approximate surface area is 174 Å². The predicted molar refractivity (Wildman–Crippen MR) is 113 cm³/mol. The summed E-state index contributed by atoms with van der Waals surface area (Å²) in [7, 11) is 0. The average Bonchev–Trinajstić information content (AvgIpc) is 2.78. The van der Waals surface area contributed by atoms with Gasteiger partial charge in [-0.2, -0.15) is 0 Å². The standard InChI is InChI=1S/C22H23N3O5/c1-17(30-21(26)12-11-18-7-5-6-10-20(18)25(28)29)22(27)24-15-13-23(14-16-24)19-8-3-2-4-9-19/h2-12,17H,13-16H2,1H3/b12-11+. The molecule has 1 aliphatic rings. The van der Waals surface area contributed by atoms with E-state index in [0.29, 0.717) is 26.2 Å². The molecule has 1 saturated heterocycles. The van der Waals surface area contributed by atoms with Crippen LogP contribution in [0.15, 0.2) is 60.7 Å². The molecule has 0 N–H and O–H groups in total. The first kappa shape index (κ1) is 21.0. The number of ether oxygens (including phenoxy) is 1. The SMILES string of the molecule is CC(OC(=O)/C=C/c1ccccc1[N+](=O)[O-])C(=O)N1CCN(c2ccccc2)CC1. The van der Waals surface area contributed by atoms with E-state index in [-0.39, 0.29) is 17.2 Å². The third kappa shape index (κ3) is 5.22. The van der Waals surface area contributed by atoms with E-state index in [1.807, 2.05) is 30.3 Å². The van der Waals surface area contributed by atoms with E-state index in [1.165, 1.54) is 25.1 Å². The number of esters is 1. The number of carbonyl (C=O) groups is 2. The number of piperazine rings is 1. The third-order valence-electron chi connectivity index (χ3n) is 4.89. The van der Waals surface area contributed by atoms with Gasteiger partial charge in [0.2, 0.25) is 0 Å². The lowest BCUT2D eigenvalue weighted by Crippen LogP contribution is -2.51. The van der Waals surface area contributed by atoms with Crippen LogP contribution >= 0.6 is 0 Å². The normalized spacial score (nSPS) is 15.1. The van der Waals surface area contributed by atoms with Crippen LogP contribution in [0.4, 0.5) is 11.4 Å². The number of hydrogen-bond acceptors (Lipinski definition) is 6. The summed E-state index contributed by atoms with van der Waals surface area (Å²) >= 11 is 0. The molecule has 1 fully saturated rings. The molecule has 1 amide bonds. The highest BCUT2D eigenvalue weighted by atomic mass is 16.6. The molecule has 1 unspecified atom stereocenters. The van der Waals surface area contributed by atoms with Crippen molar-refractivity contribution in [1.29, 1.82) is 0 Å². The maximum absolute atomic E-state index is 12.6. The molecule has 8 heteroatoms. The average molecular weight is 409 g/mol. The second-order valence-corrected chi connectivity index (χ2v) is 6.88. The summed E-state index contributed by atoms with van der Waals surface area (Å²) in [5, 5.41) is 11.0. The lowest BCUT2D eigenvalue weighted by Gasteiger charge is -2.36. The molecule has 1 heterocycles. The fourth-order valence-corrected chi connectivity index (χ4v) is 3.30. The van der Waals surface area contributed by atoms with Gasteiger partial charge in [-0.3, -0.25) is 14.9 Å². The summed E-state index contributed by atoms with van der Waals surface area (Å²) in [6.45, 7) is 4.02. The zero-order chi connectivity index (χ0) is 21.5. The van der Waals surface area contributed by atoms with Gasteiger partial charge < -0.3 is 14.5 Å². The van der Waals surface area contributed by atoms with Crippen molar-refractivity contribution in [3.8, 4) is 0 Å².